The van der Waals surface area contributed by atoms with Crippen molar-refractivity contribution in [2.24, 2.45) is 11.8 Å². The molecular formula is C17H27N. The van der Waals surface area contributed by atoms with Gasteiger partial charge in [-0.15, -0.1) is 0 Å². The molecule has 1 fully saturated rings. The molecule has 1 aromatic carbocycles. The Balaban J connectivity index is 1.83. The summed E-state index contributed by atoms with van der Waals surface area (Å²) in [6, 6.07) is 10.3. The number of hydrogen-bond acceptors (Lipinski definition) is 1. The Bertz CT molecular complexity index is 360. The molecule has 0 spiro atoms. The van der Waals surface area contributed by atoms with Gasteiger partial charge in [-0.3, -0.25) is 0 Å². The van der Waals surface area contributed by atoms with Gasteiger partial charge in [-0.2, -0.15) is 0 Å². The number of nitrogens with one attached hydrogen (secondary N) is 1. The van der Waals surface area contributed by atoms with Crippen LogP contribution in [0.4, 0.5) is 0 Å². The predicted octanol–water partition coefficient (Wildman–Crippen LogP) is 4.33. The normalized spacial score (nSPS) is 24.9. The second-order valence-electron chi connectivity index (χ2n) is 6.16. The lowest BCUT2D eigenvalue weighted by Gasteiger charge is -2.40. The molecule has 1 aliphatic carbocycles. The first kappa shape index (κ1) is 13.6. The highest BCUT2D eigenvalue weighted by Gasteiger charge is 2.31. The highest BCUT2D eigenvalue weighted by Crippen LogP contribution is 2.34. The third kappa shape index (κ3) is 3.14. The van der Waals surface area contributed by atoms with Gasteiger partial charge in [0.15, 0.2) is 0 Å². The number of hydrogen-bond donors (Lipinski definition) is 1. The maximum absolute atomic E-state index is 3.75. The SMILES string of the molecule is CCc1ccc(C(C)NC2CC(C(C)C)C2)cc1. The zero-order valence-corrected chi connectivity index (χ0v) is 12.2. The smallest absolute Gasteiger partial charge is 0.0294 e. The lowest BCUT2D eigenvalue weighted by Crippen LogP contribution is -2.43. The van der Waals surface area contributed by atoms with Gasteiger partial charge in [-0.05, 0) is 49.1 Å². The lowest BCUT2D eigenvalue weighted by molar-refractivity contribution is 0.159. The molecule has 0 bridgehead atoms. The molecule has 1 N–H and O–H groups in total. The molecule has 1 unspecified atom stereocenters. The molecule has 0 saturated heterocycles. The second-order valence-corrected chi connectivity index (χ2v) is 6.16. The summed E-state index contributed by atoms with van der Waals surface area (Å²) in [5.74, 6) is 1.79. The van der Waals surface area contributed by atoms with Crippen LogP contribution in [0.15, 0.2) is 24.3 Å². The van der Waals surface area contributed by atoms with E-state index >= 15 is 0 Å². The Hall–Kier alpha value is -0.820. The summed E-state index contributed by atoms with van der Waals surface area (Å²) in [6.45, 7) is 9.17. The van der Waals surface area contributed by atoms with E-state index in [0.29, 0.717) is 6.04 Å². The van der Waals surface area contributed by atoms with E-state index in [1.807, 2.05) is 0 Å². The molecule has 0 radical (unpaired) electrons. The third-order valence-corrected chi connectivity index (χ3v) is 4.49. The first-order chi connectivity index (χ1) is 8.60. The van der Waals surface area contributed by atoms with Crippen LogP contribution in [0.2, 0.25) is 0 Å². The van der Waals surface area contributed by atoms with Gasteiger partial charge < -0.3 is 5.32 Å². The molecule has 100 valence electrons. The van der Waals surface area contributed by atoms with Crippen LogP contribution in [-0.2, 0) is 6.42 Å². The van der Waals surface area contributed by atoms with E-state index in [1.165, 1.54) is 24.0 Å². The summed E-state index contributed by atoms with van der Waals surface area (Å²) >= 11 is 0. The van der Waals surface area contributed by atoms with Gasteiger partial charge >= 0.3 is 0 Å². The molecule has 2 rings (SSSR count). The van der Waals surface area contributed by atoms with Crippen molar-refractivity contribution in [3.05, 3.63) is 35.4 Å². The van der Waals surface area contributed by atoms with E-state index in [-0.39, 0.29) is 0 Å². The van der Waals surface area contributed by atoms with Crippen molar-refractivity contribution in [3.8, 4) is 0 Å². The average Bonchev–Trinajstić information content (AvgIpc) is 2.32. The highest BCUT2D eigenvalue weighted by molar-refractivity contribution is 5.24. The van der Waals surface area contributed by atoms with E-state index < -0.39 is 0 Å². The summed E-state index contributed by atoms with van der Waals surface area (Å²) in [7, 11) is 0. The summed E-state index contributed by atoms with van der Waals surface area (Å²) in [5, 5.41) is 3.75. The van der Waals surface area contributed by atoms with Crippen molar-refractivity contribution in [2.75, 3.05) is 0 Å². The van der Waals surface area contributed by atoms with Crippen LogP contribution in [0.3, 0.4) is 0 Å². The van der Waals surface area contributed by atoms with Crippen LogP contribution >= 0.6 is 0 Å². The van der Waals surface area contributed by atoms with E-state index in [1.54, 1.807) is 0 Å². The van der Waals surface area contributed by atoms with Crippen molar-refractivity contribution in [2.45, 2.75) is 59.0 Å². The van der Waals surface area contributed by atoms with Crippen LogP contribution in [0.25, 0.3) is 0 Å². The minimum absolute atomic E-state index is 0.481. The first-order valence-corrected chi connectivity index (χ1v) is 7.45. The molecule has 0 amide bonds. The van der Waals surface area contributed by atoms with Crippen LogP contribution in [0, 0.1) is 11.8 Å². The Morgan fingerprint density at radius 1 is 1.11 bits per heavy atom. The molecule has 1 heteroatoms. The van der Waals surface area contributed by atoms with Crippen molar-refractivity contribution < 1.29 is 0 Å². The zero-order chi connectivity index (χ0) is 13.1. The molecule has 0 heterocycles. The van der Waals surface area contributed by atoms with Crippen molar-refractivity contribution in [1.82, 2.24) is 5.32 Å². The second kappa shape index (κ2) is 5.88. The molecule has 1 aromatic rings. The molecule has 0 aliphatic heterocycles. The third-order valence-electron chi connectivity index (χ3n) is 4.49. The average molecular weight is 245 g/mol. The van der Waals surface area contributed by atoms with Crippen molar-refractivity contribution >= 4 is 0 Å². The summed E-state index contributed by atoms with van der Waals surface area (Å²) in [6.07, 6.45) is 3.84. The van der Waals surface area contributed by atoms with E-state index in [2.05, 4.69) is 57.3 Å². The quantitative estimate of drug-likeness (QED) is 0.814. The van der Waals surface area contributed by atoms with Crippen LogP contribution in [0.5, 0.6) is 0 Å². The fraction of sp³-hybridized carbons (Fsp3) is 0.647. The monoisotopic (exact) mass is 245 g/mol. The Morgan fingerprint density at radius 3 is 2.22 bits per heavy atom. The highest BCUT2D eigenvalue weighted by atomic mass is 15.0. The van der Waals surface area contributed by atoms with Gasteiger partial charge in [-0.25, -0.2) is 0 Å². The summed E-state index contributed by atoms with van der Waals surface area (Å²) < 4.78 is 0. The molecule has 1 saturated carbocycles. The largest absolute Gasteiger partial charge is 0.307 e. The minimum Gasteiger partial charge on any atom is -0.307 e. The van der Waals surface area contributed by atoms with Crippen LogP contribution in [0.1, 0.15) is 57.7 Å². The molecule has 18 heavy (non-hydrogen) atoms. The van der Waals surface area contributed by atoms with E-state index in [0.717, 1.165) is 24.3 Å². The number of benzene rings is 1. The van der Waals surface area contributed by atoms with Crippen molar-refractivity contribution in [3.63, 3.8) is 0 Å². The van der Waals surface area contributed by atoms with Gasteiger partial charge in [0.05, 0.1) is 0 Å². The maximum Gasteiger partial charge on any atom is 0.0294 e. The topological polar surface area (TPSA) is 12.0 Å². The molecule has 1 aliphatic rings. The summed E-state index contributed by atoms with van der Waals surface area (Å²) in [5.41, 5.74) is 2.84. The van der Waals surface area contributed by atoms with E-state index in [4.69, 9.17) is 0 Å². The number of aryl methyl sites for hydroxylation is 1. The standard InChI is InChI=1S/C17H27N/c1-5-14-6-8-15(9-7-14)13(4)18-17-10-16(11-17)12(2)3/h6-9,12-13,16-18H,5,10-11H2,1-4H3. The maximum atomic E-state index is 3.75. The summed E-state index contributed by atoms with van der Waals surface area (Å²) in [4.78, 5) is 0. The molecule has 1 atom stereocenters. The zero-order valence-electron chi connectivity index (χ0n) is 12.2. The number of rotatable bonds is 5. The van der Waals surface area contributed by atoms with Crippen LogP contribution < -0.4 is 5.32 Å². The Kier molecular flexibility index (Phi) is 4.45. The first-order valence-electron chi connectivity index (χ1n) is 7.45. The fourth-order valence-electron chi connectivity index (χ4n) is 2.83. The predicted molar refractivity (Wildman–Crippen MR) is 78.7 cm³/mol. The van der Waals surface area contributed by atoms with Gasteiger partial charge in [0.2, 0.25) is 0 Å². The van der Waals surface area contributed by atoms with E-state index in [9.17, 15) is 0 Å². The molecule has 0 aromatic heterocycles. The van der Waals surface area contributed by atoms with Gasteiger partial charge in [0, 0.05) is 12.1 Å². The molecule has 1 nitrogen and oxygen atoms in total. The lowest BCUT2D eigenvalue weighted by atomic mass is 9.73. The van der Waals surface area contributed by atoms with Gasteiger partial charge in [0.25, 0.3) is 0 Å². The fourth-order valence-corrected chi connectivity index (χ4v) is 2.83. The van der Waals surface area contributed by atoms with Crippen molar-refractivity contribution in [1.29, 1.82) is 0 Å². The Morgan fingerprint density at radius 2 is 1.72 bits per heavy atom. The van der Waals surface area contributed by atoms with Gasteiger partial charge in [0.1, 0.15) is 0 Å². The Labute approximate surface area is 112 Å². The van der Waals surface area contributed by atoms with Crippen LogP contribution in [-0.4, -0.2) is 6.04 Å². The molecular weight excluding hydrogens is 218 g/mol. The van der Waals surface area contributed by atoms with Gasteiger partial charge in [-0.1, -0.05) is 45.0 Å². The minimum atomic E-state index is 0.481.